The molecule has 1 fully saturated rings. The van der Waals surface area contributed by atoms with E-state index >= 15 is 0 Å². The van der Waals surface area contributed by atoms with Gasteiger partial charge in [-0.2, -0.15) is 0 Å². The SMILES string of the molecule is CCOC(=O)Cc1nnc(S[C@H](C)C(=O)N2CCN(c3ccccc3)CC2)n1C. The predicted octanol–water partition coefficient (Wildman–Crippen LogP) is 1.75. The Kier molecular flexibility index (Phi) is 7.13. The molecule has 1 saturated heterocycles. The quantitative estimate of drug-likeness (QED) is 0.501. The number of esters is 1. The van der Waals surface area contributed by atoms with E-state index in [2.05, 4.69) is 27.2 Å². The van der Waals surface area contributed by atoms with Gasteiger partial charge in [-0.15, -0.1) is 10.2 Å². The third kappa shape index (κ3) is 5.29. The molecular formula is C20H27N5O3S. The maximum atomic E-state index is 12.9. The van der Waals surface area contributed by atoms with Crippen LogP contribution in [0, 0.1) is 0 Å². The van der Waals surface area contributed by atoms with Gasteiger partial charge in [-0.3, -0.25) is 9.59 Å². The van der Waals surface area contributed by atoms with Gasteiger partial charge in [0.2, 0.25) is 5.91 Å². The molecule has 0 bridgehead atoms. The monoisotopic (exact) mass is 417 g/mol. The molecule has 0 N–H and O–H groups in total. The molecule has 1 aliphatic rings. The average molecular weight is 418 g/mol. The van der Waals surface area contributed by atoms with Gasteiger partial charge in [0.05, 0.1) is 11.9 Å². The largest absolute Gasteiger partial charge is 0.466 e. The molecule has 156 valence electrons. The molecule has 1 atom stereocenters. The number of hydrogen-bond acceptors (Lipinski definition) is 7. The number of thioether (sulfide) groups is 1. The molecule has 3 rings (SSSR count). The summed E-state index contributed by atoms with van der Waals surface area (Å²) in [5.41, 5.74) is 1.19. The second-order valence-electron chi connectivity index (χ2n) is 6.85. The standard InChI is InChI=1S/C20H27N5O3S/c1-4-28-18(26)14-17-21-22-20(23(17)3)29-15(2)19(27)25-12-10-24(11-13-25)16-8-6-5-7-9-16/h5-9,15H,4,10-14H2,1-3H3/t15-/m1/s1. The van der Waals surface area contributed by atoms with Crippen LogP contribution < -0.4 is 4.90 Å². The number of ether oxygens (including phenoxy) is 1. The van der Waals surface area contributed by atoms with E-state index in [9.17, 15) is 9.59 Å². The summed E-state index contributed by atoms with van der Waals surface area (Å²) < 4.78 is 6.71. The number of rotatable bonds is 7. The van der Waals surface area contributed by atoms with E-state index in [1.165, 1.54) is 17.4 Å². The summed E-state index contributed by atoms with van der Waals surface area (Å²) >= 11 is 1.36. The number of nitrogens with zero attached hydrogens (tertiary/aromatic N) is 5. The zero-order valence-corrected chi connectivity index (χ0v) is 17.9. The van der Waals surface area contributed by atoms with E-state index in [0.717, 1.165) is 13.1 Å². The number of carbonyl (C=O) groups excluding carboxylic acids is 2. The number of carbonyl (C=O) groups is 2. The lowest BCUT2D eigenvalue weighted by molar-refractivity contribution is -0.142. The molecule has 8 nitrogen and oxygen atoms in total. The first kappa shape index (κ1) is 21.2. The highest BCUT2D eigenvalue weighted by atomic mass is 32.2. The van der Waals surface area contributed by atoms with Crippen LogP contribution in [-0.2, 0) is 27.8 Å². The maximum absolute atomic E-state index is 12.9. The first-order chi connectivity index (χ1) is 14.0. The van der Waals surface area contributed by atoms with Gasteiger partial charge in [0.1, 0.15) is 12.2 Å². The van der Waals surface area contributed by atoms with Crippen molar-refractivity contribution in [1.82, 2.24) is 19.7 Å². The van der Waals surface area contributed by atoms with E-state index < -0.39 is 0 Å². The van der Waals surface area contributed by atoms with Crippen LogP contribution in [0.2, 0.25) is 0 Å². The van der Waals surface area contributed by atoms with Crippen molar-refractivity contribution >= 4 is 29.3 Å². The second kappa shape index (κ2) is 9.78. The van der Waals surface area contributed by atoms with Gasteiger partial charge in [-0.05, 0) is 26.0 Å². The van der Waals surface area contributed by atoms with Gasteiger partial charge in [-0.25, -0.2) is 0 Å². The fraction of sp³-hybridized carbons (Fsp3) is 0.500. The Morgan fingerprint density at radius 3 is 2.48 bits per heavy atom. The zero-order valence-electron chi connectivity index (χ0n) is 17.1. The van der Waals surface area contributed by atoms with Crippen LogP contribution in [0.25, 0.3) is 0 Å². The molecule has 0 radical (unpaired) electrons. The number of aromatic nitrogens is 3. The van der Waals surface area contributed by atoms with Crippen molar-refractivity contribution in [2.45, 2.75) is 30.7 Å². The summed E-state index contributed by atoms with van der Waals surface area (Å²) in [4.78, 5) is 28.8. The molecule has 2 heterocycles. The van der Waals surface area contributed by atoms with Crippen molar-refractivity contribution in [2.75, 3.05) is 37.7 Å². The van der Waals surface area contributed by atoms with Crippen molar-refractivity contribution in [2.24, 2.45) is 7.05 Å². The summed E-state index contributed by atoms with van der Waals surface area (Å²) in [7, 11) is 1.80. The number of anilines is 1. The molecule has 29 heavy (non-hydrogen) atoms. The smallest absolute Gasteiger partial charge is 0.313 e. The van der Waals surface area contributed by atoms with E-state index in [1.54, 1.807) is 18.5 Å². The van der Waals surface area contributed by atoms with Crippen LogP contribution in [0.1, 0.15) is 19.7 Å². The van der Waals surface area contributed by atoms with E-state index in [1.807, 2.05) is 30.0 Å². The Labute approximate surface area is 175 Å². The molecule has 0 aliphatic carbocycles. The number of amides is 1. The molecule has 2 aromatic rings. The zero-order chi connectivity index (χ0) is 20.8. The van der Waals surface area contributed by atoms with Crippen LogP contribution in [0.3, 0.4) is 0 Å². The van der Waals surface area contributed by atoms with Crippen molar-refractivity contribution < 1.29 is 14.3 Å². The predicted molar refractivity (Wildman–Crippen MR) is 112 cm³/mol. The Morgan fingerprint density at radius 1 is 1.14 bits per heavy atom. The molecule has 1 amide bonds. The van der Waals surface area contributed by atoms with Crippen LogP contribution in [0.5, 0.6) is 0 Å². The van der Waals surface area contributed by atoms with Gasteiger partial charge in [0, 0.05) is 38.9 Å². The molecule has 0 spiro atoms. The van der Waals surface area contributed by atoms with E-state index in [-0.39, 0.29) is 23.5 Å². The fourth-order valence-electron chi connectivity index (χ4n) is 3.23. The summed E-state index contributed by atoms with van der Waals surface area (Å²) in [6.45, 7) is 7.03. The van der Waals surface area contributed by atoms with Crippen molar-refractivity contribution in [3.05, 3.63) is 36.2 Å². The van der Waals surface area contributed by atoms with Crippen molar-refractivity contribution in [3.63, 3.8) is 0 Å². The van der Waals surface area contributed by atoms with E-state index in [0.29, 0.717) is 30.7 Å². The topological polar surface area (TPSA) is 80.6 Å². The fourth-order valence-corrected chi connectivity index (χ4v) is 4.15. The third-order valence-corrected chi connectivity index (χ3v) is 6.00. The average Bonchev–Trinajstić information content (AvgIpc) is 3.07. The molecule has 1 aromatic carbocycles. The normalized spacial score (nSPS) is 15.3. The minimum absolute atomic E-state index is 0.0711. The molecular weight excluding hydrogens is 390 g/mol. The van der Waals surface area contributed by atoms with Gasteiger partial charge in [0.25, 0.3) is 0 Å². The number of piperazine rings is 1. The molecule has 9 heteroatoms. The maximum Gasteiger partial charge on any atom is 0.313 e. The lowest BCUT2D eigenvalue weighted by atomic mass is 10.2. The Morgan fingerprint density at radius 2 is 1.83 bits per heavy atom. The van der Waals surface area contributed by atoms with Crippen molar-refractivity contribution in [1.29, 1.82) is 0 Å². The Balaban J connectivity index is 1.53. The molecule has 0 unspecified atom stereocenters. The summed E-state index contributed by atoms with van der Waals surface area (Å²) in [6, 6.07) is 10.3. The van der Waals surface area contributed by atoms with Crippen LogP contribution in [0.4, 0.5) is 5.69 Å². The number of hydrogen-bond donors (Lipinski definition) is 0. The van der Waals surface area contributed by atoms with Crippen LogP contribution >= 0.6 is 11.8 Å². The summed E-state index contributed by atoms with van der Waals surface area (Å²) in [5.74, 6) is 0.291. The lowest BCUT2D eigenvalue weighted by Gasteiger charge is -2.37. The second-order valence-corrected chi connectivity index (χ2v) is 8.16. The highest BCUT2D eigenvalue weighted by molar-refractivity contribution is 8.00. The summed E-state index contributed by atoms with van der Waals surface area (Å²) in [6.07, 6.45) is 0.0711. The van der Waals surface area contributed by atoms with Gasteiger partial charge < -0.3 is 19.1 Å². The highest BCUT2D eigenvalue weighted by Crippen LogP contribution is 2.24. The number of benzene rings is 1. The first-order valence-electron chi connectivity index (χ1n) is 9.79. The van der Waals surface area contributed by atoms with Gasteiger partial charge in [0.15, 0.2) is 5.16 Å². The molecule has 1 aliphatic heterocycles. The first-order valence-corrected chi connectivity index (χ1v) is 10.7. The van der Waals surface area contributed by atoms with Crippen LogP contribution in [-0.4, -0.2) is 69.6 Å². The molecule has 1 aromatic heterocycles. The third-order valence-electron chi connectivity index (χ3n) is 4.88. The highest BCUT2D eigenvalue weighted by Gasteiger charge is 2.27. The molecule has 0 saturated carbocycles. The van der Waals surface area contributed by atoms with Crippen LogP contribution in [0.15, 0.2) is 35.5 Å². The minimum atomic E-state index is -0.333. The van der Waals surface area contributed by atoms with Gasteiger partial charge >= 0.3 is 5.97 Å². The minimum Gasteiger partial charge on any atom is -0.466 e. The summed E-state index contributed by atoms with van der Waals surface area (Å²) in [5, 5.41) is 8.54. The Hall–Kier alpha value is -2.55. The van der Waals surface area contributed by atoms with Gasteiger partial charge in [-0.1, -0.05) is 30.0 Å². The van der Waals surface area contributed by atoms with E-state index in [4.69, 9.17) is 4.74 Å². The number of para-hydroxylation sites is 1. The lowest BCUT2D eigenvalue weighted by Crippen LogP contribution is -2.50. The Bertz CT molecular complexity index is 834. The van der Waals surface area contributed by atoms with Crippen molar-refractivity contribution in [3.8, 4) is 0 Å².